The Bertz CT molecular complexity index is 1870. The van der Waals surface area contributed by atoms with Crippen LogP contribution in [0.25, 0.3) is 17.4 Å². The summed E-state index contributed by atoms with van der Waals surface area (Å²) >= 11 is 0. The summed E-state index contributed by atoms with van der Waals surface area (Å²) in [5, 5.41) is 16.5. The summed E-state index contributed by atoms with van der Waals surface area (Å²) in [4.78, 5) is 49.5. The van der Waals surface area contributed by atoms with Crippen LogP contribution in [0.3, 0.4) is 0 Å². The van der Waals surface area contributed by atoms with Crippen molar-refractivity contribution in [3.8, 4) is 11.3 Å². The van der Waals surface area contributed by atoms with Gasteiger partial charge in [0.2, 0.25) is 11.8 Å². The second-order valence-corrected chi connectivity index (χ2v) is 9.94. The van der Waals surface area contributed by atoms with E-state index in [1.165, 1.54) is 30.4 Å². The third kappa shape index (κ3) is 7.21. The second-order valence-electron chi connectivity index (χ2n) is 9.94. The number of hydrogen-bond acceptors (Lipinski definition) is 6. The maximum Gasteiger partial charge on any atom is 0.269 e. The van der Waals surface area contributed by atoms with Crippen molar-refractivity contribution in [2.45, 2.75) is 13.3 Å². The lowest BCUT2D eigenvalue weighted by Gasteiger charge is -2.14. The van der Waals surface area contributed by atoms with Gasteiger partial charge in [0.1, 0.15) is 11.5 Å². The van der Waals surface area contributed by atoms with Crippen LogP contribution in [0, 0.1) is 17.0 Å². The zero-order valence-electron chi connectivity index (χ0n) is 23.7. The highest BCUT2D eigenvalue weighted by Gasteiger charge is 2.17. The first-order valence-corrected chi connectivity index (χ1v) is 13.7. The molecule has 0 saturated carbocycles. The number of aryl methyl sites for hydroxylation is 1. The van der Waals surface area contributed by atoms with Crippen molar-refractivity contribution in [1.29, 1.82) is 0 Å². The lowest BCUT2D eigenvalue weighted by atomic mass is 10.0. The number of ketones is 1. The average molecular weight is 586 g/mol. The molecule has 1 heterocycles. The van der Waals surface area contributed by atoms with Gasteiger partial charge in [0, 0.05) is 40.6 Å². The molecule has 5 rings (SSSR count). The molecular weight excluding hydrogens is 558 g/mol. The molecule has 0 aliphatic rings. The van der Waals surface area contributed by atoms with E-state index in [-0.39, 0.29) is 29.4 Å². The summed E-state index contributed by atoms with van der Waals surface area (Å²) in [6, 6.07) is 30.3. The summed E-state index contributed by atoms with van der Waals surface area (Å²) in [6.07, 6.45) is 2.92. The minimum atomic E-state index is -0.477. The molecule has 0 bridgehead atoms. The summed E-state index contributed by atoms with van der Waals surface area (Å²) in [6.45, 7) is 1.93. The maximum atomic E-state index is 13.5. The number of nitrogens with zero attached hydrogens (tertiary/aromatic N) is 1. The highest BCUT2D eigenvalue weighted by molar-refractivity contribution is 6.15. The van der Waals surface area contributed by atoms with Gasteiger partial charge in [-0.05, 0) is 66.6 Å². The molecule has 2 amide bonds. The fourth-order valence-corrected chi connectivity index (χ4v) is 4.53. The van der Waals surface area contributed by atoms with Crippen molar-refractivity contribution >= 4 is 40.7 Å². The van der Waals surface area contributed by atoms with E-state index in [2.05, 4.69) is 10.6 Å². The minimum absolute atomic E-state index is 0.0246. The lowest BCUT2D eigenvalue weighted by Crippen LogP contribution is -2.18. The van der Waals surface area contributed by atoms with Gasteiger partial charge >= 0.3 is 0 Å². The number of nitrogens with one attached hydrogen (secondary N) is 2. The first-order chi connectivity index (χ1) is 21.3. The van der Waals surface area contributed by atoms with Crippen molar-refractivity contribution < 1.29 is 23.7 Å². The fourth-order valence-electron chi connectivity index (χ4n) is 4.53. The number of anilines is 2. The van der Waals surface area contributed by atoms with Gasteiger partial charge in [0.25, 0.3) is 5.69 Å². The molecular formula is C35H27N3O6. The molecule has 44 heavy (non-hydrogen) atoms. The number of nitro groups is 1. The lowest BCUT2D eigenvalue weighted by molar-refractivity contribution is -0.384. The zero-order chi connectivity index (χ0) is 31.1. The third-order valence-electron chi connectivity index (χ3n) is 6.84. The van der Waals surface area contributed by atoms with Crippen LogP contribution in [-0.2, 0) is 16.0 Å². The van der Waals surface area contributed by atoms with Crippen LogP contribution in [0.15, 0.2) is 120 Å². The van der Waals surface area contributed by atoms with E-state index in [0.717, 1.165) is 11.1 Å². The summed E-state index contributed by atoms with van der Waals surface area (Å²) < 4.78 is 5.75. The number of non-ortho nitro benzene ring substituents is 1. The smallest absolute Gasteiger partial charge is 0.269 e. The number of nitro benzene ring substituents is 1. The van der Waals surface area contributed by atoms with Gasteiger partial charge in [-0.2, -0.15) is 0 Å². The summed E-state index contributed by atoms with van der Waals surface area (Å²) in [5.41, 5.74) is 3.87. The van der Waals surface area contributed by atoms with Crippen LogP contribution in [0.4, 0.5) is 17.1 Å². The molecule has 1 aromatic heterocycles. The van der Waals surface area contributed by atoms with E-state index >= 15 is 0 Å². The van der Waals surface area contributed by atoms with Gasteiger partial charge in [0.05, 0.1) is 17.0 Å². The van der Waals surface area contributed by atoms with Crippen LogP contribution in [0.1, 0.15) is 32.8 Å². The van der Waals surface area contributed by atoms with Crippen LogP contribution in [-0.4, -0.2) is 22.5 Å². The van der Waals surface area contributed by atoms with E-state index in [4.69, 9.17) is 4.42 Å². The molecule has 0 atom stereocenters. The Morgan fingerprint density at radius 1 is 0.841 bits per heavy atom. The normalized spacial score (nSPS) is 10.8. The molecule has 218 valence electrons. The molecule has 0 aliphatic heterocycles. The molecule has 4 aromatic carbocycles. The number of carbonyl (C=O) groups is 3. The molecule has 0 spiro atoms. The van der Waals surface area contributed by atoms with Gasteiger partial charge in [-0.25, -0.2) is 0 Å². The van der Waals surface area contributed by atoms with E-state index in [9.17, 15) is 24.5 Å². The number of carbonyl (C=O) groups excluding carboxylic acids is 3. The van der Waals surface area contributed by atoms with Crippen LogP contribution < -0.4 is 10.6 Å². The Morgan fingerprint density at radius 2 is 1.57 bits per heavy atom. The van der Waals surface area contributed by atoms with E-state index in [0.29, 0.717) is 34.0 Å². The van der Waals surface area contributed by atoms with Crippen molar-refractivity contribution in [2.24, 2.45) is 0 Å². The van der Waals surface area contributed by atoms with Crippen molar-refractivity contribution in [2.75, 3.05) is 10.6 Å². The maximum absolute atomic E-state index is 13.5. The van der Waals surface area contributed by atoms with Crippen molar-refractivity contribution in [3.63, 3.8) is 0 Å². The molecule has 9 nitrogen and oxygen atoms in total. The van der Waals surface area contributed by atoms with Crippen molar-refractivity contribution in [3.05, 3.63) is 153 Å². The molecule has 9 heteroatoms. The summed E-state index contributed by atoms with van der Waals surface area (Å²) in [7, 11) is 0. The number of amides is 2. The Balaban J connectivity index is 1.31. The van der Waals surface area contributed by atoms with E-state index in [1.807, 2.05) is 31.2 Å². The molecule has 5 aromatic rings. The van der Waals surface area contributed by atoms with Crippen molar-refractivity contribution in [1.82, 2.24) is 0 Å². The molecule has 0 unspecified atom stereocenters. The summed E-state index contributed by atoms with van der Waals surface area (Å²) in [5.74, 6) is -0.151. The highest BCUT2D eigenvalue weighted by atomic mass is 16.6. The minimum Gasteiger partial charge on any atom is -0.457 e. The molecule has 2 N–H and O–H groups in total. The van der Waals surface area contributed by atoms with E-state index < -0.39 is 10.8 Å². The Labute approximate surface area is 253 Å². The Kier molecular flexibility index (Phi) is 8.86. The number of benzene rings is 4. The first-order valence-electron chi connectivity index (χ1n) is 13.7. The van der Waals surface area contributed by atoms with Crippen LogP contribution in [0.2, 0.25) is 0 Å². The highest BCUT2D eigenvalue weighted by Crippen LogP contribution is 2.26. The predicted molar refractivity (Wildman–Crippen MR) is 168 cm³/mol. The largest absolute Gasteiger partial charge is 0.457 e. The Hall–Kier alpha value is -6.09. The van der Waals surface area contributed by atoms with Gasteiger partial charge < -0.3 is 15.1 Å². The topological polar surface area (TPSA) is 132 Å². The van der Waals surface area contributed by atoms with Gasteiger partial charge in [-0.15, -0.1) is 0 Å². The fraction of sp³-hybridized carbons (Fsp3) is 0.0571. The molecule has 0 radical (unpaired) electrons. The zero-order valence-corrected chi connectivity index (χ0v) is 23.7. The molecule has 0 saturated heterocycles. The number of hydrogen-bond donors (Lipinski definition) is 2. The predicted octanol–water partition coefficient (Wildman–Crippen LogP) is 7.23. The first kappa shape index (κ1) is 29.4. The van der Waals surface area contributed by atoms with E-state index in [1.54, 1.807) is 66.7 Å². The Morgan fingerprint density at radius 3 is 2.30 bits per heavy atom. The SMILES string of the molecule is Cc1ccccc1CC(=O)Nc1ccc(NC(=O)/C=C/c2ccc(-c3ccc([N+](=O)[O-])cc3)o2)cc1C(=O)c1ccccc1. The van der Waals surface area contributed by atoms with Crippen LogP contribution >= 0.6 is 0 Å². The molecule has 0 aliphatic carbocycles. The van der Waals surface area contributed by atoms with Gasteiger partial charge in [-0.3, -0.25) is 24.5 Å². The number of furan rings is 1. The monoisotopic (exact) mass is 585 g/mol. The van der Waals surface area contributed by atoms with Gasteiger partial charge in [0.15, 0.2) is 5.78 Å². The molecule has 0 fully saturated rings. The number of rotatable bonds is 10. The van der Waals surface area contributed by atoms with Gasteiger partial charge in [-0.1, -0.05) is 54.6 Å². The van der Waals surface area contributed by atoms with Crippen LogP contribution in [0.5, 0.6) is 0 Å². The second kappa shape index (κ2) is 13.3. The standard InChI is InChI=1S/C35H27N3O6/c1-23-7-5-6-10-26(23)21-34(40)37-31-18-13-27(22-30(31)35(41)25-8-3-2-4-9-25)36-33(39)20-17-29-16-19-32(44-29)24-11-14-28(15-12-24)38(42)43/h2-20,22H,21H2,1H3,(H,36,39)(H,37,40)/b20-17+. The average Bonchev–Trinajstić information content (AvgIpc) is 3.51. The quantitative estimate of drug-likeness (QED) is 0.0769. The third-order valence-corrected chi connectivity index (χ3v) is 6.84.